The van der Waals surface area contributed by atoms with Gasteiger partial charge >= 0.3 is 0 Å². The standard InChI is InChI=1S/C20H20N4O4S/c1-28-18-7-3-2-6-17(18)23-16-9-8-14(24(26)27)12-15(16)21-20(23)29-13-19(25)22-10-4-5-11-22/h2-3,6-9,12H,4-5,10-11,13H2,1H3. The largest absolute Gasteiger partial charge is 0.495 e. The third-order valence-corrected chi connectivity index (χ3v) is 5.85. The Labute approximate surface area is 171 Å². The SMILES string of the molecule is COc1ccccc1-n1c(SCC(=O)N2CCCC2)nc2cc([N+](=O)[O-])ccc21. The Morgan fingerprint density at radius 2 is 2.00 bits per heavy atom. The fraction of sp³-hybridized carbons (Fsp3) is 0.300. The summed E-state index contributed by atoms with van der Waals surface area (Å²) in [6.45, 7) is 1.60. The number of aromatic nitrogens is 2. The van der Waals surface area contributed by atoms with Gasteiger partial charge in [-0.15, -0.1) is 0 Å². The first-order valence-corrected chi connectivity index (χ1v) is 10.3. The van der Waals surface area contributed by atoms with Gasteiger partial charge in [0.2, 0.25) is 5.91 Å². The minimum Gasteiger partial charge on any atom is -0.495 e. The van der Waals surface area contributed by atoms with E-state index in [1.165, 1.54) is 23.9 Å². The molecule has 1 fully saturated rings. The van der Waals surface area contributed by atoms with E-state index in [0.29, 0.717) is 16.4 Å². The quantitative estimate of drug-likeness (QED) is 0.349. The molecule has 150 valence electrons. The first kappa shape index (κ1) is 19.3. The Morgan fingerprint density at radius 3 is 2.72 bits per heavy atom. The number of nitrogens with zero attached hydrogens (tertiary/aromatic N) is 4. The molecule has 0 N–H and O–H groups in total. The van der Waals surface area contributed by atoms with Crippen molar-refractivity contribution in [1.82, 2.24) is 14.5 Å². The molecule has 0 atom stereocenters. The van der Waals surface area contributed by atoms with Gasteiger partial charge in [0.15, 0.2) is 5.16 Å². The van der Waals surface area contributed by atoms with Crippen LogP contribution in [-0.2, 0) is 4.79 Å². The van der Waals surface area contributed by atoms with Crippen LogP contribution in [0, 0.1) is 10.1 Å². The van der Waals surface area contributed by atoms with Crippen molar-refractivity contribution in [2.24, 2.45) is 0 Å². The van der Waals surface area contributed by atoms with Crippen LogP contribution in [0.2, 0.25) is 0 Å². The maximum Gasteiger partial charge on any atom is 0.271 e. The number of amides is 1. The normalized spacial score (nSPS) is 13.8. The lowest BCUT2D eigenvalue weighted by atomic mass is 10.2. The average molecular weight is 412 g/mol. The van der Waals surface area contributed by atoms with E-state index in [1.54, 1.807) is 13.2 Å². The molecule has 4 rings (SSSR count). The molecule has 9 heteroatoms. The molecule has 0 bridgehead atoms. The van der Waals surface area contributed by atoms with Gasteiger partial charge in [-0.05, 0) is 31.0 Å². The predicted molar refractivity (Wildman–Crippen MR) is 111 cm³/mol. The molecule has 1 aliphatic heterocycles. The van der Waals surface area contributed by atoms with Crippen LogP contribution in [0.15, 0.2) is 47.6 Å². The number of hydrogen-bond acceptors (Lipinski definition) is 6. The van der Waals surface area contributed by atoms with E-state index in [9.17, 15) is 14.9 Å². The van der Waals surface area contributed by atoms with Crippen LogP contribution in [-0.4, -0.2) is 51.2 Å². The van der Waals surface area contributed by atoms with Crippen molar-refractivity contribution in [3.05, 3.63) is 52.6 Å². The Balaban J connectivity index is 1.76. The third-order valence-electron chi connectivity index (χ3n) is 4.93. The van der Waals surface area contributed by atoms with Gasteiger partial charge in [0.05, 0.1) is 34.5 Å². The fourth-order valence-electron chi connectivity index (χ4n) is 3.49. The van der Waals surface area contributed by atoms with E-state index < -0.39 is 4.92 Å². The van der Waals surface area contributed by atoms with Crippen molar-refractivity contribution in [2.75, 3.05) is 26.0 Å². The van der Waals surface area contributed by atoms with E-state index in [-0.39, 0.29) is 17.3 Å². The van der Waals surface area contributed by atoms with Gasteiger partial charge in [-0.25, -0.2) is 4.98 Å². The Morgan fingerprint density at radius 1 is 1.24 bits per heavy atom. The molecule has 1 aliphatic rings. The summed E-state index contributed by atoms with van der Waals surface area (Å²) in [6.07, 6.45) is 2.08. The summed E-state index contributed by atoms with van der Waals surface area (Å²) < 4.78 is 7.39. The molecule has 1 saturated heterocycles. The fourth-order valence-corrected chi connectivity index (χ4v) is 4.41. The van der Waals surface area contributed by atoms with Crippen LogP contribution in [0.3, 0.4) is 0 Å². The van der Waals surface area contributed by atoms with Crippen molar-refractivity contribution in [3.8, 4) is 11.4 Å². The summed E-state index contributed by atoms with van der Waals surface area (Å²) >= 11 is 1.33. The maximum atomic E-state index is 12.5. The van der Waals surface area contributed by atoms with Gasteiger partial charge in [-0.2, -0.15) is 0 Å². The summed E-state index contributed by atoms with van der Waals surface area (Å²) in [5, 5.41) is 11.8. The Bertz CT molecular complexity index is 1080. The molecule has 1 aromatic heterocycles. The second kappa shape index (κ2) is 8.12. The minimum absolute atomic E-state index is 0.0214. The molecule has 0 unspecified atom stereocenters. The Hall–Kier alpha value is -3.07. The molecule has 1 amide bonds. The number of rotatable bonds is 6. The highest BCUT2D eigenvalue weighted by atomic mass is 32.2. The maximum absolute atomic E-state index is 12.5. The summed E-state index contributed by atoms with van der Waals surface area (Å²) in [5.74, 6) is 0.996. The number of carbonyl (C=O) groups excluding carboxylic acids is 1. The molecule has 3 aromatic rings. The van der Waals surface area contributed by atoms with Crippen LogP contribution in [0.25, 0.3) is 16.7 Å². The zero-order chi connectivity index (χ0) is 20.4. The lowest BCUT2D eigenvalue weighted by Gasteiger charge is -2.16. The second-order valence-corrected chi connectivity index (χ2v) is 7.65. The number of thioether (sulfide) groups is 1. The van der Waals surface area contributed by atoms with Crippen LogP contribution < -0.4 is 4.74 Å². The number of benzene rings is 2. The number of likely N-dealkylation sites (tertiary alicyclic amines) is 1. The topological polar surface area (TPSA) is 90.5 Å². The van der Waals surface area contributed by atoms with Crippen LogP contribution in [0.1, 0.15) is 12.8 Å². The van der Waals surface area contributed by atoms with Crippen molar-refractivity contribution >= 4 is 34.4 Å². The number of hydrogen-bond donors (Lipinski definition) is 0. The zero-order valence-corrected chi connectivity index (χ0v) is 16.7. The molecular formula is C20H20N4O4S. The number of nitro groups is 1. The van der Waals surface area contributed by atoms with E-state index in [1.807, 2.05) is 33.7 Å². The third kappa shape index (κ3) is 3.77. The number of fused-ring (bicyclic) bond motifs is 1. The molecule has 0 spiro atoms. The van der Waals surface area contributed by atoms with Crippen molar-refractivity contribution in [3.63, 3.8) is 0 Å². The molecule has 0 saturated carbocycles. The van der Waals surface area contributed by atoms with Crippen LogP contribution in [0.4, 0.5) is 5.69 Å². The van der Waals surface area contributed by atoms with Crippen molar-refractivity contribution in [2.45, 2.75) is 18.0 Å². The van der Waals surface area contributed by atoms with Gasteiger partial charge in [0, 0.05) is 25.2 Å². The van der Waals surface area contributed by atoms with Crippen LogP contribution >= 0.6 is 11.8 Å². The summed E-state index contributed by atoms with van der Waals surface area (Å²) in [6, 6.07) is 12.1. The summed E-state index contributed by atoms with van der Waals surface area (Å²) in [5.41, 5.74) is 1.96. The lowest BCUT2D eigenvalue weighted by Crippen LogP contribution is -2.29. The van der Waals surface area contributed by atoms with Gasteiger partial charge in [0.25, 0.3) is 5.69 Å². The molecule has 2 heterocycles. The molecule has 29 heavy (non-hydrogen) atoms. The highest BCUT2D eigenvalue weighted by Gasteiger charge is 2.22. The van der Waals surface area contributed by atoms with Gasteiger partial charge < -0.3 is 9.64 Å². The van der Waals surface area contributed by atoms with Gasteiger partial charge in [-0.1, -0.05) is 23.9 Å². The molecule has 0 aliphatic carbocycles. The monoisotopic (exact) mass is 412 g/mol. The minimum atomic E-state index is -0.439. The van der Waals surface area contributed by atoms with Crippen molar-refractivity contribution in [1.29, 1.82) is 0 Å². The zero-order valence-electron chi connectivity index (χ0n) is 15.9. The van der Waals surface area contributed by atoms with Crippen molar-refractivity contribution < 1.29 is 14.5 Å². The Kier molecular flexibility index (Phi) is 5.39. The predicted octanol–water partition coefficient (Wildman–Crippen LogP) is 3.66. The number of methoxy groups -OCH3 is 1. The number of nitro benzene ring substituents is 1. The smallest absolute Gasteiger partial charge is 0.271 e. The highest BCUT2D eigenvalue weighted by molar-refractivity contribution is 7.99. The number of carbonyl (C=O) groups is 1. The van der Waals surface area contributed by atoms with E-state index in [4.69, 9.17) is 4.74 Å². The molecule has 8 nitrogen and oxygen atoms in total. The summed E-state index contributed by atoms with van der Waals surface area (Å²) in [7, 11) is 1.59. The van der Waals surface area contributed by atoms with E-state index >= 15 is 0 Å². The van der Waals surface area contributed by atoms with E-state index in [2.05, 4.69) is 4.98 Å². The lowest BCUT2D eigenvalue weighted by molar-refractivity contribution is -0.384. The second-order valence-electron chi connectivity index (χ2n) is 6.71. The average Bonchev–Trinajstić information content (AvgIpc) is 3.39. The number of ether oxygens (including phenoxy) is 1. The first-order valence-electron chi connectivity index (χ1n) is 9.29. The molecule has 2 aromatic carbocycles. The number of para-hydroxylation sites is 2. The molecular weight excluding hydrogens is 392 g/mol. The van der Waals surface area contributed by atoms with Gasteiger partial charge in [0.1, 0.15) is 5.75 Å². The number of non-ortho nitro benzene ring substituents is 1. The molecule has 0 radical (unpaired) electrons. The van der Waals surface area contributed by atoms with Crippen LogP contribution in [0.5, 0.6) is 5.75 Å². The number of imidazole rings is 1. The van der Waals surface area contributed by atoms with Gasteiger partial charge in [-0.3, -0.25) is 19.5 Å². The highest BCUT2D eigenvalue weighted by Crippen LogP contribution is 2.34. The van der Waals surface area contributed by atoms with E-state index in [0.717, 1.165) is 37.1 Å². The summed E-state index contributed by atoms with van der Waals surface area (Å²) in [4.78, 5) is 29.7. The first-order chi connectivity index (χ1) is 14.1.